The van der Waals surface area contributed by atoms with Crippen molar-refractivity contribution in [2.75, 3.05) is 5.73 Å². The average Bonchev–Trinajstić information content (AvgIpc) is 2.74. The SMILES string of the molecule is CC(C)c1nc(-c2cncn2C)c(N)n1C. The predicted octanol–water partition coefficient (Wildman–Crippen LogP) is 1.53. The van der Waals surface area contributed by atoms with Crippen molar-refractivity contribution < 1.29 is 0 Å². The summed E-state index contributed by atoms with van der Waals surface area (Å²) in [6.45, 7) is 4.21. The summed E-state index contributed by atoms with van der Waals surface area (Å²) in [5.41, 5.74) is 7.82. The molecule has 86 valence electrons. The molecule has 0 aliphatic heterocycles. The molecule has 0 aromatic carbocycles. The third kappa shape index (κ3) is 1.48. The number of nitrogens with two attached hydrogens (primary N) is 1. The molecule has 0 saturated carbocycles. The molecule has 0 aliphatic carbocycles. The molecule has 0 spiro atoms. The minimum Gasteiger partial charge on any atom is -0.383 e. The normalized spacial score (nSPS) is 11.3. The fourth-order valence-electron chi connectivity index (χ4n) is 1.82. The van der Waals surface area contributed by atoms with Gasteiger partial charge in [-0.2, -0.15) is 0 Å². The fourth-order valence-corrected chi connectivity index (χ4v) is 1.82. The topological polar surface area (TPSA) is 61.7 Å². The monoisotopic (exact) mass is 219 g/mol. The molecule has 2 rings (SSSR count). The van der Waals surface area contributed by atoms with Crippen LogP contribution in [0.4, 0.5) is 5.82 Å². The number of rotatable bonds is 2. The molecule has 0 saturated heterocycles. The van der Waals surface area contributed by atoms with E-state index in [0.29, 0.717) is 11.7 Å². The molecular formula is C11H17N5. The lowest BCUT2D eigenvalue weighted by Crippen LogP contribution is -2.03. The van der Waals surface area contributed by atoms with Gasteiger partial charge in [0.05, 0.1) is 18.2 Å². The standard InChI is InChI=1S/C11H17N5/c1-7(2)11-14-9(10(12)16(11)4)8-5-13-6-15(8)3/h5-7H,12H2,1-4H3. The van der Waals surface area contributed by atoms with Crippen molar-refractivity contribution in [3.63, 3.8) is 0 Å². The smallest absolute Gasteiger partial charge is 0.133 e. The van der Waals surface area contributed by atoms with Gasteiger partial charge in [0.25, 0.3) is 0 Å². The van der Waals surface area contributed by atoms with Gasteiger partial charge in [0, 0.05) is 20.0 Å². The highest BCUT2D eigenvalue weighted by molar-refractivity contribution is 5.67. The Morgan fingerprint density at radius 2 is 2.00 bits per heavy atom. The van der Waals surface area contributed by atoms with Crippen LogP contribution < -0.4 is 5.73 Å². The molecule has 0 atom stereocenters. The van der Waals surface area contributed by atoms with Crippen molar-refractivity contribution in [3.05, 3.63) is 18.3 Å². The zero-order valence-corrected chi connectivity index (χ0v) is 10.1. The predicted molar refractivity (Wildman–Crippen MR) is 63.9 cm³/mol. The Kier molecular flexibility index (Phi) is 2.46. The summed E-state index contributed by atoms with van der Waals surface area (Å²) < 4.78 is 3.86. The van der Waals surface area contributed by atoms with Gasteiger partial charge in [-0.15, -0.1) is 0 Å². The maximum absolute atomic E-state index is 6.06. The largest absolute Gasteiger partial charge is 0.383 e. The van der Waals surface area contributed by atoms with Gasteiger partial charge in [0.15, 0.2) is 0 Å². The van der Waals surface area contributed by atoms with Crippen LogP contribution in [0.2, 0.25) is 0 Å². The second-order valence-electron chi connectivity index (χ2n) is 4.31. The number of aromatic nitrogens is 4. The van der Waals surface area contributed by atoms with Gasteiger partial charge in [-0.3, -0.25) is 0 Å². The number of anilines is 1. The molecule has 5 nitrogen and oxygen atoms in total. The Bertz CT molecular complexity index is 506. The van der Waals surface area contributed by atoms with E-state index in [1.54, 1.807) is 12.5 Å². The lowest BCUT2D eigenvalue weighted by atomic mass is 10.2. The van der Waals surface area contributed by atoms with E-state index in [-0.39, 0.29) is 0 Å². The van der Waals surface area contributed by atoms with E-state index >= 15 is 0 Å². The van der Waals surface area contributed by atoms with Crippen LogP contribution in [0.25, 0.3) is 11.4 Å². The Morgan fingerprint density at radius 3 is 2.44 bits per heavy atom. The molecule has 2 aromatic heterocycles. The molecule has 2 heterocycles. The molecule has 0 amide bonds. The molecule has 2 aromatic rings. The number of imidazole rings is 2. The molecule has 0 radical (unpaired) electrons. The molecule has 2 N–H and O–H groups in total. The summed E-state index contributed by atoms with van der Waals surface area (Å²) in [6.07, 6.45) is 3.53. The third-order valence-electron chi connectivity index (χ3n) is 2.75. The van der Waals surface area contributed by atoms with Crippen LogP contribution in [0.1, 0.15) is 25.6 Å². The van der Waals surface area contributed by atoms with Gasteiger partial charge in [-0.25, -0.2) is 9.97 Å². The minimum absolute atomic E-state index is 0.356. The molecule has 0 aliphatic rings. The second-order valence-corrected chi connectivity index (χ2v) is 4.31. The Labute approximate surface area is 94.9 Å². The molecule has 5 heteroatoms. The molecule has 0 bridgehead atoms. The Hall–Kier alpha value is -1.78. The average molecular weight is 219 g/mol. The van der Waals surface area contributed by atoms with Crippen LogP contribution in [0.5, 0.6) is 0 Å². The quantitative estimate of drug-likeness (QED) is 0.833. The lowest BCUT2D eigenvalue weighted by molar-refractivity contribution is 0.715. The maximum Gasteiger partial charge on any atom is 0.133 e. The van der Waals surface area contributed by atoms with E-state index in [9.17, 15) is 0 Å². The van der Waals surface area contributed by atoms with E-state index in [4.69, 9.17) is 5.73 Å². The van der Waals surface area contributed by atoms with Gasteiger partial charge in [-0.05, 0) is 0 Å². The first-order valence-electron chi connectivity index (χ1n) is 5.31. The van der Waals surface area contributed by atoms with Crippen LogP contribution in [0, 0.1) is 0 Å². The van der Waals surface area contributed by atoms with Gasteiger partial charge >= 0.3 is 0 Å². The molecular weight excluding hydrogens is 202 g/mol. The van der Waals surface area contributed by atoms with Gasteiger partial charge in [-0.1, -0.05) is 13.8 Å². The minimum atomic E-state index is 0.356. The second kappa shape index (κ2) is 3.66. The number of hydrogen-bond donors (Lipinski definition) is 1. The summed E-state index contributed by atoms with van der Waals surface area (Å²) in [6, 6.07) is 0. The highest BCUT2D eigenvalue weighted by atomic mass is 15.1. The zero-order chi connectivity index (χ0) is 11.9. The van der Waals surface area contributed by atoms with Crippen LogP contribution >= 0.6 is 0 Å². The van der Waals surface area contributed by atoms with E-state index in [2.05, 4.69) is 23.8 Å². The van der Waals surface area contributed by atoms with Crippen LogP contribution in [0.15, 0.2) is 12.5 Å². The summed E-state index contributed by atoms with van der Waals surface area (Å²) in [5.74, 6) is 2.04. The van der Waals surface area contributed by atoms with Crippen LogP contribution in [-0.4, -0.2) is 19.1 Å². The lowest BCUT2D eigenvalue weighted by Gasteiger charge is -2.04. The number of aryl methyl sites for hydroxylation is 1. The van der Waals surface area contributed by atoms with Crippen molar-refractivity contribution in [1.82, 2.24) is 19.1 Å². The maximum atomic E-state index is 6.06. The Balaban J connectivity index is 2.59. The molecule has 16 heavy (non-hydrogen) atoms. The fraction of sp³-hybridized carbons (Fsp3) is 0.455. The van der Waals surface area contributed by atoms with E-state index in [1.165, 1.54) is 0 Å². The molecule has 0 fully saturated rings. The first-order chi connectivity index (χ1) is 7.52. The number of hydrogen-bond acceptors (Lipinski definition) is 3. The number of nitrogen functional groups attached to an aromatic ring is 1. The summed E-state index contributed by atoms with van der Waals surface area (Å²) >= 11 is 0. The summed E-state index contributed by atoms with van der Waals surface area (Å²) in [4.78, 5) is 8.67. The highest BCUT2D eigenvalue weighted by Gasteiger charge is 2.17. The van der Waals surface area contributed by atoms with Gasteiger partial charge in [0.1, 0.15) is 17.3 Å². The van der Waals surface area contributed by atoms with E-state index < -0.39 is 0 Å². The van der Waals surface area contributed by atoms with Crippen molar-refractivity contribution in [3.8, 4) is 11.4 Å². The first-order valence-corrected chi connectivity index (χ1v) is 5.31. The van der Waals surface area contributed by atoms with E-state index in [0.717, 1.165) is 17.2 Å². The summed E-state index contributed by atoms with van der Waals surface area (Å²) in [7, 11) is 3.88. The summed E-state index contributed by atoms with van der Waals surface area (Å²) in [5, 5.41) is 0. The van der Waals surface area contributed by atoms with Crippen molar-refractivity contribution in [2.45, 2.75) is 19.8 Å². The van der Waals surface area contributed by atoms with Gasteiger partial charge in [0.2, 0.25) is 0 Å². The van der Waals surface area contributed by atoms with Crippen molar-refractivity contribution in [1.29, 1.82) is 0 Å². The number of nitrogens with zero attached hydrogens (tertiary/aromatic N) is 4. The van der Waals surface area contributed by atoms with Gasteiger partial charge < -0.3 is 14.9 Å². The van der Waals surface area contributed by atoms with Crippen LogP contribution in [-0.2, 0) is 14.1 Å². The van der Waals surface area contributed by atoms with Crippen LogP contribution in [0.3, 0.4) is 0 Å². The van der Waals surface area contributed by atoms with Crippen molar-refractivity contribution >= 4 is 5.82 Å². The Morgan fingerprint density at radius 1 is 1.31 bits per heavy atom. The molecule has 0 unspecified atom stereocenters. The first kappa shape index (κ1) is 10.7. The van der Waals surface area contributed by atoms with Crippen molar-refractivity contribution in [2.24, 2.45) is 14.1 Å². The van der Waals surface area contributed by atoms with E-state index in [1.807, 2.05) is 23.2 Å². The highest BCUT2D eigenvalue weighted by Crippen LogP contribution is 2.27. The third-order valence-corrected chi connectivity index (χ3v) is 2.75. The zero-order valence-electron chi connectivity index (χ0n) is 10.1.